The molecule has 0 aromatic carbocycles. The van der Waals surface area contributed by atoms with E-state index in [1.165, 1.54) is 77.0 Å². The largest absolute Gasteiger partial charge is 0.425 e. The second-order valence-electron chi connectivity index (χ2n) is 8.27. The maximum absolute atomic E-state index is 12.0. The molecular formula is C25H48O4. The number of hydrogen-bond donors (Lipinski definition) is 0. The van der Waals surface area contributed by atoms with Crippen molar-refractivity contribution in [1.82, 2.24) is 0 Å². The summed E-state index contributed by atoms with van der Waals surface area (Å²) in [5.41, 5.74) is 0. The van der Waals surface area contributed by atoms with Crippen LogP contribution in [0.1, 0.15) is 143 Å². The third-order valence-electron chi connectivity index (χ3n) is 5.33. The van der Waals surface area contributed by atoms with Crippen LogP contribution in [0.4, 0.5) is 0 Å². The van der Waals surface area contributed by atoms with Gasteiger partial charge in [-0.3, -0.25) is 9.59 Å². The zero-order valence-corrected chi connectivity index (χ0v) is 19.6. The van der Waals surface area contributed by atoms with E-state index in [0.29, 0.717) is 19.3 Å². The number of rotatable bonds is 21. The number of unbranched alkanes of at least 4 members (excludes halogenated alkanes) is 14. The maximum atomic E-state index is 12.0. The Morgan fingerprint density at radius 1 is 0.517 bits per heavy atom. The summed E-state index contributed by atoms with van der Waals surface area (Å²) >= 11 is 0. The molecule has 0 bridgehead atoms. The molecule has 0 saturated carbocycles. The van der Waals surface area contributed by atoms with Crippen molar-refractivity contribution in [1.29, 1.82) is 0 Å². The average molecular weight is 413 g/mol. The number of carbonyl (C=O) groups excluding carboxylic acids is 2. The molecule has 0 aliphatic carbocycles. The lowest BCUT2D eigenvalue weighted by atomic mass is 10.1. The summed E-state index contributed by atoms with van der Waals surface area (Å²) in [6.45, 7) is 6.32. The molecule has 0 spiro atoms. The fourth-order valence-corrected chi connectivity index (χ4v) is 3.41. The molecule has 0 aromatic rings. The van der Waals surface area contributed by atoms with Crippen LogP contribution < -0.4 is 0 Å². The van der Waals surface area contributed by atoms with Gasteiger partial charge in [-0.25, -0.2) is 0 Å². The van der Waals surface area contributed by atoms with Crippen LogP contribution in [0.25, 0.3) is 0 Å². The van der Waals surface area contributed by atoms with Crippen molar-refractivity contribution in [3.05, 3.63) is 0 Å². The van der Waals surface area contributed by atoms with Gasteiger partial charge in [-0.1, -0.05) is 111 Å². The summed E-state index contributed by atoms with van der Waals surface area (Å²) in [6.07, 6.45) is 19.8. The second-order valence-corrected chi connectivity index (χ2v) is 8.27. The van der Waals surface area contributed by atoms with E-state index in [2.05, 4.69) is 13.8 Å². The Kier molecular flexibility index (Phi) is 20.9. The monoisotopic (exact) mass is 412 g/mol. The highest BCUT2D eigenvalue weighted by Crippen LogP contribution is 2.13. The minimum atomic E-state index is -0.724. The van der Waals surface area contributed by atoms with Crippen molar-refractivity contribution in [2.24, 2.45) is 0 Å². The van der Waals surface area contributed by atoms with Gasteiger partial charge < -0.3 is 9.47 Å². The van der Waals surface area contributed by atoms with E-state index in [1.54, 1.807) is 0 Å². The number of hydrogen-bond acceptors (Lipinski definition) is 4. The van der Waals surface area contributed by atoms with Crippen LogP contribution >= 0.6 is 0 Å². The van der Waals surface area contributed by atoms with Gasteiger partial charge in [0, 0.05) is 19.3 Å². The fraction of sp³-hybridized carbons (Fsp3) is 0.920. The Hall–Kier alpha value is -1.06. The first-order valence-electron chi connectivity index (χ1n) is 12.5. The van der Waals surface area contributed by atoms with Gasteiger partial charge >= 0.3 is 11.9 Å². The zero-order chi connectivity index (χ0) is 21.6. The van der Waals surface area contributed by atoms with Gasteiger partial charge in [0.05, 0.1) is 0 Å². The highest BCUT2D eigenvalue weighted by atomic mass is 16.7. The van der Waals surface area contributed by atoms with E-state index in [4.69, 9.17) is 9.47 Å². The molecule has 0 atom stereocenters. The summed E-state index contributed by atoms with van der Waals surface area (Å²) in [7, 11) is 0. The molecule has 4 heteroatoms. The summed E-state index contributed by atoms with van der Waals surface area (Å²) < 4.78 is 10.7. The predicted octanol–water partition coefficient (Wildman–Crippen LogP) is 7.87. The summed E-state index contributed by atoms with van der Waals surface area (Å²) in [5, 5.41) is 0. The Morgan fingerprint density at radius 2 is 0.828 bits per heavy atom. The maximum Gasteiger partial charge on any atom is 0.308 e. The van der Waals surface area contributed by atoms with Crippen LogP contribution in [0, 0.1) is 0 Å². The predicted molar refractivity (Wildman–Crippen MR) is 121 cm³/mol. The molecule has 0 rings (SSSR count). The molecule has 29 heavy (non-hydrogen) atoms. The molecule has 172 valence electrons. The first-order valence-corrected chi connectivity index (χ1v) is 12.5. The van der Waals surface area contributed by atoms with Crippen LogP contribution in [0.5, 0.6) is 0 Å². The van der Waals surface area contributed by atoms with Gasteiger partial charge in [0.2, 0.25) is 6.29 Å². The lowest BCUT2D eigenvalue weighted by Crippen LogP contribution is -2.23. The van der Waals surface area contributed by atoms with Gasteiger partial charge in [0.25, 0.3) is 0 Å². The van der Waals surface area contributed by atoms with Gasteiger partial charge in [0.1, 0.15) is 0 Å². The van der Waals surface area contributed by atoms with E-state index in [-0.39, 0.29) is 11.9 Å². The number of carbonyl (C=O) groups is 2. The van der Waals surface area contributed by atoms with Crippen molar-refractivity contribution in [2.75, 3.05) is 0 Å². The molecule has 0 radical (unpaired) electrons. The topological polar surface area (TPSA) is 52.6 Å². The minimum Gasteiger partial charge on any atom is -0.425 e. The van der Waals surface area contributed by atoms with Crippen molar-refractivity contribution < 1.29 is 19.1 Å². The van der Waals surface area contributed by atoms with Crippen molar-refractivity contribution >= 4 is 11.9 Å². The average Bonchev–Trinajstić information content (AvgIpc) is 2.71. The van der Waals surface area contributed by atoms with Gasteiger partial charge in [-0.2, -0.15) is 0 Å². The third-order valence-corrected chi connectivity index (χ3v) is 5.33. The van der Waals surface area contributed by atoms with E-state index < -0.39 is 6.29 Å². The SMILES string of the molecule is CCCCCCCCCCC(=O)OC(CC)OC(=O)CCCCCCCCCC. The fourth-order valence-electron chi connectivity index (χ4n) is 3.41. The van der Waals surface area contributed by atoms with E-state index in [0.717, 1.165) is 25.7 Å². The highest BCUT2D eigenvalue weighted by Gasteiger charge is 2.16. The van der Waals surface area contributed by atoms with E-state index in [9.17, 15) is 9.59 Å². The normalized spacial score (nSPS) is 11.0. The van der Waals surface area contributed by atoms with Gasteiger partial charge in [0.15, 0.2) is 0 Å². The third kappa shape index (κ3) is 20.0. The molecule has 0 aromatic heterocycles. The van der Waals surface area contributed by atoms with E-state index >= 15 is 0 Å². The Balaban J connectivity index is 3.67. The smallest absolute Gasteiger partial charge is 0.308 e. The van der Waals surface area contributed by atoms with Crippen LogP contribution in [0.15, 0.2) is 0 Å². The molecule has 0 fully saturated rings. The summed E-state index contributed by atoms with van der Waals surface area (Å²) in [6, 6.07) is 0. The Morgan fingerprint density at radius 3 is 1.14 bits per heavy atom. The Labute approximate surface area is 180 Å². The number of ether oxygens (including phenoxy) is 2. The first-order chi connectivity index (χ1) is 14.1. The highest BCUT2D eigenvalue weighted by molar-refractivity contribution is 5.71. The molecule has 4 nitrogen and oxygen atoms in total. The Bertz CT molecular complexity index is 347. The summed E-state index contributed by atoms with van der Waals surface area (Å²) in [4.78, 5) is 23.9. The number of esters is 2. The molecule has 0 saturated heterocycles. The lowest BCUT2D eigenvalue weighted by molar-refractivity contribution is -0.188. The van der Waals surface area contributed by atoms with Crippen LogP contribution in [0.3, 0.4) is 0 Å². The van der Waals surface area contributed by atoms with E-state index in [1.807, 2.05) is 6.92 Å². The molecule has 0 aliphatic heterocycles. The lowest BCUT2D eigenvalue weighted by Gasteiger charge is -2.16. The standard InChI is InChI=1S/C25H48O4/c1-4-7-9-11-13-15-17-19-21-23(26)28-25(6-3)29-24(27)22-20-18-16-14-12-10-8-5-2/h25H,4-22H2,1-3H3. The van der Waals surface area contributed by atoms with Crippen LogP contribution in [0.2, 0.25) is 0 Å². The molecular weight excluding hydrogens is 364 g/mol. The second kappa shape index (κ2) is 21.6. The van der Waals surface area contributed by atoms with Crippen LogP contribution in [-0.4, -0.2) is 18.2 Å². The van der Waals surface area contributed by atoms with Crippen molar-refractivity contribution in [3.63, 3.8) is 0 Å². The molecule has 0 amide bonds. The minimum absolute atomic E-state index is 0.247. The van der Waals surface area contributed by atoms with Crippen LogP contribution in [-0.2, 0) is 19.1 Å². The van der Waals surface area contributed by atoms with Gasteiger partial charge in [-0.05, 0) is 12.8 Å². The van der Waals surface area contributed by atoms with Crippen molar-refractivity contribution in [2.45, 2.75) is 149 Å². The molecule has 0 aliphatic rings. The first kappa shape index (κ1) is 27.9. The van der Waals surface area contributed by atoms with Gasteiger partial charge in [-0.15, -0.1) is 0 Å². The molecule has 0 N–H and O–H groups in total. The summed E-state index contributed by atoms with van der Waals surface area (Å²) in [5.74, 6) is -0.495. The quantitative estimate of drug-likeness (QED) is 0.109. The van der Waals surface area contributed by atoms with Crippen molar-refractivity contribution in [3.8, 4) is 0 Å². The zero-order valence-electron chi connectivity index (χ0n) is 19.6. The molecule has 0 unspecified atom stereocenters. The molecule has 0 heterocycles.